The zero-order valence-corrected chi connectivity index (χ0v) is 21.1. The molecule has 1 saturated carbocycles. The number of nitrogens with zero attached hydrogens (tertiary/aromatic N) is 3. The fourth-order valence-corrected chi connectivity index (χ4v) is 6.49. The van der Waals surface area contributed by atoms with Crippen LogP contribution in [0.3, 0.4) is 0 Å². The van der Waals surface area contributed by atoms with E-state index < -0.39 is 33.1 Å². The van der Waals surface area contributed by atoms with Crippen LogP contribution < -0.4 is 4.72 Å². The Morgan fingerprint density at radius 3 is 2.41 bits per heavy atom. The maximum atomic E-state index is 13.2. The fourth-order valence-electron chi connectivity index (χ4n) is 5.14. The van der Waals surface area contributed by atoms with E-state index >= 15 is 0 Å². The monoisotopic (exact) mass is 542 g/mol. The van der Waals surface area contributed by atoms with E-state index in [0.29, 0.717) is 34.5 Å². The molecular formula is C25H27F5N4O2S. The molecule has 1 aromatic heterocycles. The summed E-state index contributed by atoms with van der Waals surface area (Å²) in [4.78, 5) is 5.85. The first kappa shape index (κ1) is 27.3. The van der Waals surface area contributed by atoms with Crippen molar-refractivity contribution in [1.82, 2.24) is 14.6 Å². The second-order valence-corrected chi connectivity index (χ2v) is 11.7. The molecular weight excluding hydrogens is 515 g/mol. The van der Waals surface area contributed by atoms with Gasteiger partial charge in [0.1, 0.15) is 16.5 Å². The molecule has 1 unspecified atom stereocenters. The smallest absolute Gasteiger partial charge is 0.358 e. The number of allylic oxidation sites excluding steroid dienone is 2. The van der Waals surface area contributed by atoms with E-state index in [2.05, 4.69) is 16.0 Å². The lowest BCUT2D eigenvalue weighted by molar-refractivity contribution is -0.180. The Bertz CT molecular complexity index is 1290. The number of sulfonamides is 1. The highest BCUT2D eigenvalue weighted by molar-refractivity contribution is 7.89. The summed E-state index contributed by atoms with van der Waals surface area (Å²) in [5.74, 6) is 0. The van der Waals surface area contributed by atoms with Crippen molar-refractivity contribution >= 4 is 15.7 Å². The Labute approximate surface area is 212 Å². The van der Waals surface area contributed by atoms with Crippen LogP contribution in [0.25, 0.3) is 5.70 Å². The van der Waals surface area contributed by atoms with Crippen LogP contribution in [0.4, 0.5) is 22.0 Å². The largest absolute Gasteiger partial charge is 0.407 e. The molecule has 6 nitrogen and oxygen atoms in total. The van der Waals surface area contributed by atoms with E-state index in [-0.39, 0.29) is 18.5 Å². The van der Waals surface area contributed by atoms with E-state index in [1.807, 2.05) is 0 Å². The first-order chi connectivity index (χ1) is 17.2. The second kappa shape index (κ2) is 9.83. The van der Waals surface area contributed by atoms with Crippen LogP contribution in [0, 0.1) is 11.3 Å². The Morgan fingerprint density at radius 2 is 1.86 bits per heavy atom. The molecule has 2 heterocycles. The van der Waals surface area contributed by atoms with Crippen LogP contribution in [0.1, 0.15) is 58.1 Å². The molecule has 4 rings (SSSR count). The zero-order chi connectivity index (χ0) is 27.2. The molecule has 37 heavy (non-hydrogen) atoms. The topological polar surface area (TPSA) is 86.1 Å². The van der Waals surface area contributed by atoms with Gasteiger partial charge in [-0.05, 0) is 50.8 Å². The normalized spacial score (nSPS) is 21.3. The summed E-state index contributed by atoms with van der Waals surface area (Å²) in [7, 11) is -4.55. The van der Waals surface area contributed by atoms with Crippen LogP contribution in [-0.2, 0) is 10.0 Å². The quantitative estimate of drug-likeness (QED) is 0.462. The summed E-state index contributed by atoms with van der Waals surface area (Å²) in [5, 5.41) is 10.0. The molecule has 0 spiro atoms. The van der Waals surface area contributed by atoms with Gasteiger partial charge in [-0.25, -0.2) is 17.2 Å². The number of halogens is 5. The summed E-state index contributed by atoms with van der Waals surface area (Å²) >= 11 is 0. The first-order valence-electron chi connectivity index (χ1n) is 11.9. The van der Waals surface area contributed by atoms with Gasteiger partial charge in [-0.15, -0.1) is 0 Å². The Kier molecular flexibility index (Phi) is 7.25. The lowest BCUT2D eigenvalue weighted by Gasteiger charge is -2.37. The van der Waals surface area contributed by atoms with Crippen LogP contribution >= 0.6 is 0 Å². The molecule has 0 amide bonds. The van der Waals surface area contributed by atoms with Crippen molar-refractivity contribution in [3.63, 3.8) is 0 Å². The number of pyridine rings is 1. The molecule has 12 heteroatoms. The van der Waals surface area contributed by atoms with Gasteiger partial charge in [-0.3, -0.25) is 4.98 Å². The molecule has 1 atom stereocenters. The number of nitriles is 1. The number of rotatable bonds is 7. The van der Waals surface area contributed by atoms with Crippen molar-refractivity contribution in [3.05, 3.63) is 52.9 Å². The molecule has 0 aromatic carbocycles. The predicted molar refractivity (Wildman–Crippen MR) is 127 cm³/mol. The summed E-state index contributed by atoms with van der Waals surface area (Å²) in [6.07, 6.45) is 0.627. The van der Waals surface area contributed by atoms with Gasteiger partial charge in [0.25, 0.3) is 0 Å². The Balaban J connectivity index is 1.72. The molecule has 1 N–H and O–H groups in total. The van der Waals surface area contributed by atoms with Crippen molar-refractivity contribution in [3.8, 4) is 6.07 Å². The minimum Gasteiger partial charge on any atom is -0.358 e. The van der Waals surface area contributed by atoms with Gasteiger partial charge in [0, 0.05) is 18.7 Å². The number of alkyl halides is 5. The van der Waals surface area contributed by atoms with E-state index in [0.717, 1.165) is 51.8 Å². The predicted octanol–water partition coefficient (Wildman–Crippen LogP) is 5.47. The summed E-state index contributed by atoms with van der Waals surface area (Å²) in [6.45, 7) is 1.44. The van der Waals surface area contributed by atoms with Crippen molar-refractivity contribution in [1.29, 1.82) is 5.26 Å². The number of aromatic nitrogens is 1. The lowest BCUT2D eigenvalue weighted by Crippen LogP contribution is -2.54. The molecule has 3 aliphatic rings. The molecule has 2 aliphatic carbocycles. The standard InChI is InChI=1S/C25H27F5N4O2S/c1-24(2,25(28,29)30)33-37(35,36)17-8-10-20(32-14-17)23-19(13-31)18-9-7-15(12-22(26)27)11-21(18)34(23)16-5-3-4-6-16/h7-10,14,16,21-22,33H,3-6,11-12H2,1-2H3. The molecule has 0 radical (unpaired) electrons. The highest BCUT2D eigenvalue weighted by atomic mass is 32.2. The molecule has 0 bridgehead atoms. The molecule has 1 fully saturated rings. The third kappa shape index (κ3) is 5.29. The van der Waals surface area contributed by atoms with Crippen molar-refractivity contribution in [2.24, 2.45) is 0 Å². The number of hydrogen-bond acceptors (Lipinski definition) is 5. The third-order valence-electron chi connectivity index (χ3n) is 7.07. The number of hydrogen-bond donors (Lipinski definition) is 1. The van der Waals surface area contributed by atoms with E-state index in [9.17, 15) is 35.6 Å². The van der Waals surface area contributed by atoms with Crippen molar-refractivity contribution in [2.75, 3.05) is 0 Å². The van der Waals surface area contributed by atoms with E-state index in [1.165, 1.54) is 6.07 Å². The maximum Gasteiger partial charge on any atom is 0.407 e. The SMILES string of the molecule is CC(C)(NS(=O)(=O)c1ccc(C2=C(C#N)C3=CC=C(CC(F)F)CC3N2C2CCCC2)nc1)C(F)(F)F. The highest BCUT2D eigenvalue weighted by Crippen LogP contribution is 2.47. The first-order valence-corrected chi connectivity index (χ1v) is 13.4. The van der Waals surface area contributed by atoms with Gasteiger partial charge >= 0.3 is 6.18 Å². The average molecular weight is 543 g/mol. The summed E-state index contributed by atoms with van der Waals surface area (Å²) < 4.78 is 92.8. The van der Waals surface area contributed by atoms with Gasteiger partial charge in [0.05, 0.1) is 23.0 Å². The molecule has 0 saturated heterocycles. The lowest BCUT2D eigenvalue weighted by atomic mass is 9.89. The van der Waals surface area contributed by atoms with E-state index in [4.69, 9.17) is 0 Å². The van der Waals surface area contributed by atoms with Crippen LogP contribution in [-0.4, -0.2) is 48.5 Å². The number of fused-ring (bicyclic) bond motifs is 1. The molecule has 1 aromatic rings. The maximum absolute atomic E-state index is 13.2. The van der Waals surface area contributed by atoms with Gasteiger partial charge in [0.15, 0.2) is 0 Å². The number of nitrogens with one attached hydrogen (secondary N) is 1. The minimum absolute atomic E-state index is 0.0552. The molecule has 200 valence electrons. The fraction of sp³-hybridized carbons (Fsp3) is 0.520. The van der Waals surface area contributed by atoms with Crippen LogP contribution in [0.15, 0.2) is 52.1 Å². The molecule has 1 aliphatic heterocycles. The van der Waals surface area contributed by atoms with Crippen LogP contribution in [0.5, 0.6) is 0 Å². The zero-order valence-electron chi connectivity index (χ0n) is 20.3. The van der Waals surface area contributed by atoms with Crippen molar-refractivity contribution in [2.45, 2.75) is 87.5 Å². The van der Waals surface area contributed by atoms with Gasteiger partial charge in [-0.2, -0.15) is 23.2 Å². The summed E-state index contributed by atoms with van der Waals surface area (Å²) in [5.41, 5.74) is -0.291. The Morgan fingerprint density at radius 1 is 1.19 bits per heavy atom. The van der Waals surface area contributed by atoms with Crippen LogP contribution in [0.2, 0.25) is 0 Å². The average Bonchev–Trinajstić information content (AvgIpc) is 3.42. The van der Waals surface area contributed by atoms with Gasteiger partial charge < -0.3 is 4.90 Å². The van der Waals surface area contributed by atoms with Crippen molar-refractivity contribution < 1.29 is 30.4 Å². The van der Waals surface area contributed by atoms with Gasteiger partial charge in [-0.1, -0.05) is 30.6 Å². The minimum atomic E-state index is -4.81. The Hall–Kier alpha value is -2.78. The third-order valence-corrected chi connectivity index (χ3v) is 8.71. The van der Waals surface area contributed by atoms with E-state index in [1.54, 1.807) is 16.9 Å². The summed E-state index contributed by atoms with van der Waals surface area (Å²) in [6, 6.07) is 4.48. The second-order valence-electron chi connectivity index (χ2n) is 10.1. The van der Waals surface area contributed by atoms with Gasteiger partial charge in [0.2, 0.25) is 16.4 Å². The highest BCUT2D eigenvalue weighted by Gasteiger charge is 2.50.